The smallest absolute Gasteiger partial charge is 0.164 e. The molecule has 4 aromatic heterocycles. The number of aromatic nitrogens is 6. The van der Waals surface area contributed by atoms with Gasteiger partial charge < -0.3 is 8.98 Å². The first kappa shape index (κ1) is 46.0. The van der Waals surface area contributed by atoms with Crippen molar-refractivity contribution >= 4 is 88.9 Å². The predicted octanol–water partition coefficient (Wildman–Crippen LogP) is 17.5. The summed E-state index contributed by atoms with van der Waals surface area (Å²) in [5, 5.41) is 4.32. The minimum Gasteiger partial charge on any atom is -0.455 e. The van der Waals surface area contributed by atoms with Crippen molar-refractivity contribution in [3.05, 3.63) is 200 Å². The normalized spacial score (nSPS) is 12.2. The van der Waals surface area contributed by atoms with Crippen molar-refractivity contribution in [1.82, 2.24) is 29.5 Å². The Labute approximate surface area is 445 Å². The zero-order chi connectivity index (χ0) is 49.5. The van der Waals surface area contributed by atoms with Crippen molar-refractivity contribution in [2.75, 3.05) is 0 Å². The highest BCUT2D eigenvalue weighted by Crippen LogP contribution is 2.44. The van der Waals surface area contributed by atoms with Gasteiger partial charge in [0, 0.05) is 56.7 Å². The molecule has 0 radical (unpaired) electrons. The van der Waals surface area contributed by atoms with Crippen LogP contribution in [-0.4, -0.2) is 29.5 Å². The number of benzene rings is 8. The van der Waals surface area contributed by atoms with E-state index in [0.29, 0.717) is 23.3 Å². The summed E-state index contributed by atoms with van der Waals surface area (Å²) in [6, 6.07) is 63.8. The van der Waals surface area contributed by atoms with Crippen molar-refractivity contribution in [3.8, 4) is 73.8 Å². The maximum atomic E-state index is 6.75. The highest BCUT2D eigenvalue weighted by Gasteiger charge is 2.25. The average molecular weight is 1160 g/mol. The first-order chi connectivity index (χ1) is 34.7. The Morgan fingerprint density at radius 2 is 0.944 bits per heavy atom. The summed E-state index contributed by atoms with van der Waals surface area (Å²) in [6.45, 7) is 13.4. The third-order valence-electron chi connectivity index (χ3n) is 13.5. The summed E-state index contributed by atoms with van der Waals surface area (Å²) < 4.78 is 11.3. The van der Waals surface area contributed by atoms with Crippen LogP contribution >= 0.6 is 45.2 Å². The minimum atomic E-state index is -0.0890. The molecule has 9 heteroatoms. The van der Waals surface area contributed by atoms with Gasteiger partial charge in [0.05, 0.1) is 33.5 Å². The van der Waals surface area contributed by atoms with Crippen LogP contribution in [0.5, 0.6) is 0 Å². The van der Waals surface area contributed by atoms with Crippen LogP contribution in [0.25, 0.3) is 117 Å². The van der Waals surface area contributed by atoms with Crippen molar-refractivity contribution < 1.29 is 4.42 Å². The van der Waals surface area contributed by atoms with Crippen LogP contribution in [0.2, 0.25) is 0 Å². The van der Waals surface area contributed by atoms with Crippen molar-refractivity contribution in [3.63, 3.8) is 0 Å². The number of fused-ring (bicyclic) bond motifs is 7. The molecule has 0 saturated carbocycles. The van der Waals surface area contributed by atoms with Gasteiger partial charge in [-0.2, -0.15) is 0 Å². The van der Waals surface area contributed by atoms with Crippen LogP contribution in [-0.2, 0) is 10.8 Å². The Morgan fingerprint density at radius 3 is 1.58 bits per heavy atom. The SMILES string of the molecule is CC(C)(C)c1cc(I)cc(-c2nc(-c3cc(I)cc(C(C)(C)C)c3)nc(-c3ccc(-n4c5ccccc5c5c6oc7ccccc7c6ccc54)c(-c4cc(-c5ccccc5)nc(-c5ccccc5)n4)c3)n2)c1. The fourth-order valence-electron chi connectivity index (χ4n) is 9.69. The van der Waals surface area contributed by atoms with E-state index >= 15 is 0 Å². The molecule has 0 aliphatic carbocycles. The molecule has 8 aromatic carbocycles. The second-order valence-electron chi connectivity index (χ2n) is 20.5. The Kier molecular flexibility index (Phi) is 11.4. The number of para-hydroxylation sites is 2. The number of nitrogens with zero attached hydrogens (tertiary/aromatic N) is 6. The maximum absolute atomic E-state index is 6.75. The van der Waals surface area contributed by atoms with Gasteiger partial charge in [-0.15, -0.1) is 0 Å². The quantitative estimate of drug-likeness (QED) is 0.148. The summed E-state index contributed by atoms with van der Waals surface area (Å²) in [5.41, 5.74) is 14.0. The number of halogens is 2. The van der Waals surface area contributed by atoms with Gasteiger partial charge in [0.2, 0.25) is 0 Å². The number of hydrogen-bond donors (Lipinski definition) is 0. The van der Waals surface area contributed by atoms with Gasteiger partial charge in [-0.1, -0.05) is 139 Å². The summed E-state index contributed by atoms with van der Waals surface area (Å²) in [5.74, 6) is 2.40. The van der Waals surface area contributed by atoms with Gasteiger partial charge in [-0.25, -0.2) is 24.9 Å². The third-order valence-corrected chi connectivity index (χ3v) is 14.7. The Hall–Kier alpha value is -7.09. The summed E-state index contributed by atoms with van der Waals surface area (Å²) >= 11 is 4.83. The van der Waals surface area contributed by atoms with Gasteiger partial charge in [-0.05, 0) is 152 Å². The number of furan rings is 1. The fraction of sp³-hybridized carbons (Fsp3) is 0.127. The van der Waals surface area contributed by atoms with Crippen LogP contribution in [0.1, 0.15) is 52.7 Å². The highest BCUT2D eigenvalue weighted by molar-refractivity contribution is 14.1. The van der Waals surface area contributed by atoms with Crippen LogP contribution < -0.4 is 0 Å². The van der Waals surface area contributed by atoms with Crippen LogP contribution in [0, 0.1) is 7.14 Å². The van der Waals surface area contributed by atoms with Gasteiger partial charge in [-0.3, -0.25) is 0 Å². The standard InChI is InChI=1S/C63H48I2N6O/c1-62(2,3)42-29-40(31-44(64)34-42)60-68-59(69-61(70-60)41-30-43(63(4,5)6)35-45(65)32-41)39-25-27-53(49(33-39)51-36-50(37-17-9-7-10-18-37)66-58(67-51)38-19-11-8-12-20-38)71-52-23-15-13-22-48(52)56-54(71)28-26-47-46-21-14-16-24-55(46)72-57(47)56/h7-36H,1-6H3. The molecule has 0 spiro atoms. The zero-order valence-corrected chi connectivity index (χ0v) is 45.0. The molecule has 0 bridgehead atoms. The van der Waals surface area contributed by atoms with Crippen molar-refractivity contribution in [2.45, 2.75) is 52.4 Å². The fourth-order valence-corrected chi connectivity index (χ4v) is 11.0. The number of hydrogen-bond acceptors (Lipinski definition) is 6. The Balaban J connectivity index is 1.16. The molecule has 350 valence electrons. The molecule has 0 aliphatic heterocycles. The molecule has 0 saturated heterocycles. The zero-order valence-electron chi connectivity index (χ0n) is 40.7. The van der Waals surface area contributed by atoms with Crippen LogP contribution in [0.15, 0.2) is 186 Å². The minimum absolute atomic E-state index is 0.0890. The van der Waals surface area contributed by atoms with Crippen molar-refractivity contribution in [1.29, 1.82) is 0 Å². The summed E-state index contributed by atoms with van der Waals surface area (Å²) in [7, 11) is 0. The van der Waals surface area contributed by atoms with E-state index in [0.717, 1.165) is 101 Å². The van der Waals surface area contributed by atoms with E-state index in [1.54, 1.807) is 0 Å². The van der Waals surface area contributed by atoms with E-state index in [-0.39, 0.29) is 10.8 Å². The topological polar surface area (TPSA) is 82.5 Å². The van der Waals surface area contributed by atoms with E-state index in [2.05, 4.69) is 237 Å². The molecule has 0 aliphatic rings. The average Bonchev–Trinajstić information content (AvgIpc) is 3.94. The molecule has 12 rings (SSSR count). The molecule has 72 heavy (non-hydrogen) atoms. The Morgan fingerprint density at radius 1 is 0.403 bits per heavy atom. The van der Waals surface area contributed by atoms with Gasteiger partial charge in [0.1, 0.15) is 11.2 Å². The van der Waals surface area contributed by atoms with E-state index in [9.17, 15) is 0 Å². The molecular formula is C63H48I2N6O. The summed E-state index contributed by atoms with van der Waals surface area (Å²) in [4.78, 5) is 26.8. The van der Waals surface area contributed by atoms with Crippen LogP contribution in [0.4, 0.5) is 0 Å². The first-order valence-corrected chi connectivity index (χ1v) is 26.3. The summed E-state index contributed by atoms with van der Waals surface area (Å²) in [6.07, 6.45) is 0. The van der Waals surface area contributed by atoms with E-state index in [1.807, 2.05) is 36.4 Å². The molecule has 12 aromatic rings. The second-order valence-corrected chi connectivity index (χ2v) is 23.0. The lowest BCUT2D eigenvalue weighted by Crippen LogP contribution is -2.12. The van der Waals surface area contributed by atoms with E-state index < -0.39 is 0 Å². The molecule has 4 heterocycles. The highest BCUT2D eigenvalue weighted by atomic mass is 127. The molecule has 0 fully saturated rings. The molecule has 0 N–H and O–H groups in total. The van der Waals surface area contributed by atoms with E-state index in [1.165, 1.54) is 11.1 Å². The Bertz CT molecular complexity index is 3950. The lowest BCUT2D eigenvalue weighted by molar-refractivity contribution is 0.590. The first-order valence-electron chi connectivity index (χ1n) is 24.1. The van der Waals surface area contributed by atoms with Crippen LogP contribution in [0.3, 0.4) is 0 Å². The van der Waals surface area contributed by atoms with Gasteiger partial charge >= 0.3 is 0 Å². The predicted molar refractivity (Wildman–Crippen MR) is 312 cm³/mol. The molecular weight excluding hydrogens is 1110 g/mol. The van der Waals surface area contributed by atoms with Gasteiger partial charge in [0.25, 0.3) is 0 Å². The van der Waals surface area contributed by atoms with E-state index in [4.69, 9.17) is 29.3 Å². The largest absolute Gasteiger partial charge is 0.455 e. The molecule has 0 unspecified atom stereocenters. The lowest BCUT2D eigenvalue weighted by Gasteiger charge is -2.21. The molecule has 7 nitrogen and oxygen atoms in total. The van der Waals surface area contributed by atoms with Crippen molar-refractivity contribution in [2.24, 2.45) is 0 Å². The molecule has 0 atom stereocenters. The van der Waals surface area contributed by atoms with Gasteiger partial charge in [0.15, 0.2) is 23.3 Å². The lowest BCUT2D eigenvalue weighted by atomic mass is 9.86. The third kappa shape index (κ3) is 8.45. The maximum Gasteiger partial charge on any atom is 0.164 e. The molecule has 0 amide bonds. The second kappa shape index (κ2) is 17.9. The number of rotatable bonds is 7. The monoisotopic (exact) mass is 1160 g/mol.